The second-order valence-electron chi connectivity index (χ2n) is 21.0. The molecule has 0 aromatic carbocycles. The number of esters is 3. The standard InChI is InChI=1S/C65H118O6/c1-4-7-10-13-16-19-22-24-26-27-28-29-30-31-32-33-34-35-36-37-38-39-40-42-43-46-49-52-55-58-64(67)70-61-62(60-69-63(66)57-54-51-48-45-21-18-15-12-9-6-3)71-65(68)59-56-53-50-47-44-41-25-23-20-17-14-11-8-5-2/h7,10,16,19,24,26,28-29,62H,4-6,8-9,11-15,17-18,20-23,25,27,30-61H2,1-3H3/b10-7-,19-16-,26-24-,29-28-. The van der Waals surface area contributed by atoms with Gasteiger partial charge in [0.05, 0.1) is 0 Å². The molecule has 0 amide bonds. The predicted octanol–water partition coefficient (Wildman–Crippen LogP) is 21.0. The quantitative estimate of drug-likeness (QED) is 0.0261. The SMILES string of the molecule is CC/C=C\C/C=C\C/C=C\C/C=C\CCCCCCCCCCCCCCCCCCC(=O)OCC(COC(=O)CCCCCCCCCCCC)OC(=O)CCCCCCCCCCCCCCCC. The summed E-state index contributed by atoms with van der Waals surface area (Å²) in [6, 6.07) is 0. The molecule has 0 aliphatic heterocycles. The van der Waals surface area contributed by atoms with Crippen LogP contribution in [0.2, 0.25) is 0 Å². The third-order valence-electron chi connectivity index (χ3n) is 13.8. The highest BCUT2D eigenvalue weighted by atomic mass is 16.6. The van der Waals surface area contributed by atoms with Crippen LogP contribution in [0.4, 0.5) is 0 Å². The molecule has 0 radical (unpaired) electrons. The summed E-state index contributed by atoms with van der Waals surface area (Å²) in [4.78, 5) is 38.1. The van der Waals surface area contributed by atoms with Crippen LogP contribution in [-0.2, 0) is 28.6 Å². The zero-order valence-electron chi connectivity index (χ0n) is 47.5. The zero-order chi connectivity index (χ0) is 51.4. The average Bonchev–Trinajstić information content (AvgIpc) is 3.37. The van der Waals surface area contributed by atoms with Crippen LogP contribution in [0.25, 0.3) is 0 Å². The third-order valence-corrected chi connectivity index (χ3v) is 13.8. The van der Waals surface area contributed by atoms with E-state index in [4.69, 9.17) is 14.2 Å². The lowest BCUT2D eigenvalue weighted by molar-refractivity contribution is -0.167. The second kappa shape index (κ2) is 59.9. The molecular formula is C65H118O6. The lowest BCUT2D eigenvalue weighted by Gasteiger charge is -2.18. The topological polar surface area (TPSA) is 78.9 Å². The maximum atomic E-state index is 12.8. The molecule has 0 heterocycles. The van der Waals surface area contributed by atoms with Gasteiger partial charge in [0, 0.05) is 19.3 Å². The molecule has 0 rings (SSSR count). The maximum Gasteiger partial charge on any atom is 0.306 e. The molecule has 0 spiro atoms. The first-order valence-corrected chi connectivity index (χ1v) is 31.1. The molecule has 0 aliphatic rings. The first-order valence-electron chi connectivity index (χ1n) is 31.1. The first kappa shape index (κ1) is 68.4. The lowest BCUT2D eigenvalue weighted by atomic mass is 10.0. The van der Waals surface area contributed by atoms with Crippen molar-refractivity contribution in [2.75, 3.05) is 13.2 Å². The molecule has 0 aromatic heterocycles. The molecule has 414 valence electrons. The van der Waals surface area contributed by atoms with Crippen molar-refractivity contribution in [3.05, 3.63) is 48.6 Å². The van der Waals surface area contributed by atoms with Gasteiger partial charge in [-0.2, -0.15) is 0 Å². The van der Waals surface area contributed by atoms with Crippen molar-refractivity contribution < 1.29 is 28.6 Å². The number of hydrogen-bond donors (Lipinski definition) is 0. The average molecular weight is 996 g/mol. The van der Waals surface area contributed by atoms with E-state index >= 15 is 0 Å². The minimum Gasteiger partial charge on any atom is -0.462 e. The van der Waals surface area contributed by atoms with Crippen LogP contribution in [0.1, 0.15) is 329 Å². The first-order chi connectivity index (χ1) is 35.0. The number of rotatable bonds is 57. The minimum atomic E-state index is -0.766. The van der Waals surface area contributed by atoms with Crippen LogP contribution in [0, 0.1) is 0 Å². The van der Waals surface area contributed by atoms with Crippen LogP contribution in [0.3, 0.4) is 0 Å². The molecule has 0 saturated heterocycles. The van der Waals surface area contributed by atoms with Crippen molar-refractivity contribution in [2.45, 2.75) is 335 Å². The molecule has 0 bridgehead atoms. The number of unbranched alkanes of at least 4 members (excludes halogenated alkanes) is 38. The lowest BCUT2D eigenvalue weighted by Crippen LogP contribution is -2.30. The summed E-state index contributed by atoms with van der Waals surface area (Å²) in [7, 11) is 0. The Bertz CT molecular complexity index is 1230. The number of ether oxygens (including phenoxy) is 3. The molecule has 1 atom stereocenters. The third kappa shape index (κ3) is 58.1. The second-order valence-corrected chi connectivity index (χ2v) is 21.0. The Morgan fingerprint density at radius 2 is 0.549 bits per heavy atom. The largest absolute Gasteiger partial charge is 0.462 e. The van der Waals surface area contributed by atoms with Gasteiger partial charge in [0.25, 0.3) is 0 Å². The zero-order valence-corrected chi connectivity index (χ0v) is 47.5. The van der Waals surface area contributed by atoms with E-state index in [2.05, 4.69) is 69.4 Å². The van der Waals surface area contributed by atoms with Gasteiger partial charge in [-0.3, -0.25) is 14.4 Å². The van der Waals surface area contributed by atoms with Gasteiger partial charge in [0.15, 0.2) is 6.10 Å². The van der Waals surface area contributed by atoms with Crippen LogP contribution in [0.15, 0.2) is 48.6 Å². The molecule has 0 N–H and O–H groups in total. The van der Waals surface area contributed by atoms with E-state index in [1.54, 1.807) is 0 Å². The van der Waals surface area contributed by atoms with Gasteiger partial charge < -0.3 is 14.2 Å². The van der Waals surface area contributed by atoms with Gasteiger partial charge in [0.2, 0.25) is 0 Å². The van der Waals surface area contributed by atoms with Gasteiger partial charge in [-0.15, -0.1) is 0 Å². The Labute approximate surface area is 441 Å². The van der Waals surface area contributed by atoms with Crippen LogP contribution in [-0.4, -0.2) is 37.2 Å². The number of carbonyl (C=O) groups excluding carboxylic acids is 3. The van der Waals surface area contributed by atoms with E-state index in [1.165, 1.54) is 205 Å². The van der Waals surface area contributed by atoms with Crippen LogP contribution < -0.4 is 0 Å². The summed E-state index contributed by atoms with van der Waals surface area (Å²) in [5.41, 5.74) is 0. The normalized spacial score (nSPS) is 12.3. The summed E-state index contributed by atoms with van der Waals surface area (Å²) in [5.74, 6) is -0.848. The Morgan fingerprint density at radius 1 is 0.296 bits per heavy atom. The summed E-state index contributed by atoms with van der Waals surface area (Å²) < 4.78 is 16.9. The van der Waals surface area contributed by atoms with Gasteiger partial charge in [-0.1, -0.05) is 301 Å². The Hall–Kier alpha value is -2.63. The van der Waals surface area contributed by atoms with Crippen LogP contribution in [0.5, 0.6) is 0 Å². The Kier molecular flexibility index (Phi) is 57.7. The molecular weight excluding hydrogens is 877 g/mol. The highest BCUT2D eigenvalue weighted by Crippen LogP contribution is 2.17. The fourth-order valence-electron chi connectivity index (χ4n) is 9.20. The molecule has 0 fully saturated rings. The summed E-state index contributed by atoms with van der Waals surface area (Å²) in [5, 5.41) is 0. The fraction of sp³-hybridized carbons (Fsp3) is 0.831. The minimum absolute atomic E-state index is 0.0665. The van der Waals surface area contributed by atoms with Crippen molar-refractivity contribution >= 4 is 17.9 Å². The molecule has 6 nitrogen and oxygen atoms in total. The monoisotopic (exact) mass is 995 g/mol. The summed E-state index contributed by atoms with van der Waals surface area (Å²) in [6.07, 6.45) is 74.1. The Balaban J connectivity index is 4.10. The number of hydrogen-bond acceptors (Lipinski definition) is 6. The van der Waals surface area contributed by atoms with Gasteiger partial charge >= 0.3 is 17.9 Å². The molecule has 1 unspecified atom stereocenters. The molecule has 0 aromatic rings. The van der Waals surface area contributed by atoms with Crippen LogP contribution >= 0.6 is 0 Å². The molecule has 71 heavy (non-hydrogen) atoms. The van der Waals surface area contributed by atoms with Crippen molar-refractivity contribution in [1.82, 2.24) is 0 Å². The van der Waals surface area contributed by atoms with Gasteiger partial charge in [-0.25, -0.2) is 0 Å². The van der Waals surface area contributed by atoms with Crippen molar-refractivity contribution in [2.24, 2.45) is 0 Å². The van der Waals surface area contributed by atoms with E-state index in [1.807, 2.05) is 0 Å². The van der Waals surface area contributed by atoms with Crippen molar-refractivity contribution in [3.63, 3.8) is 0 Å². The summed E-state index contributed by atoms with van der Waals surface area (Å²) in [6.45, 7) is 6.56. The maximum absolute atomic E-state index is 12.8. The molecule has 0 saturated carbocycles. The fourth-order valence-corrected chi connectivity index (χ4v) is 9.20. The molecule has 6 heteroatoms. The van der Waals surface area contributed by atoms with E-state index < -0.39 is 6.10 Å². The van der Waals surface area contributed by atoms with Gasteiger partial charge in [-0.05, 0) is 57.8 Å². The number of allylic oxidation sites excluding steroid dienone is 8. The highest BCUT2D eigenvalue weighted by Gasteiger charge is 2.19. The summed E-state index contributed by atoms with van der Waals surface area (Å²) >= 11 is 0. The predicted molar refractivity (Wildman–Crippen MR) is 307 cm³/mol. The smallest absolute Gasteiger partial charge is 0.306 e. The van der Waals surface area contributed by atoms with Crippen molar-refractivity contribution in [1.29, 1.82) is 0 Å². The highest BCUT2D eigenvalue weighted by molar-refractivity contribution is 5.71. The molecule has 0 aliphatic carbocycles. The number of carbonyl (C=O) groups is 3. The van der Waals surface area contributed by atoms with E-state index in [0.29, 0.717) is 19.3 Å². The Morgan fingerprint density at radius 3 is 0.859 bits per heavy atom. The van der Waals surface area contributed by atoms with Gasteiger partial charge in [0.1, 0.15) is 13.2 Å². The van der Waals surface area contributed by atoms with E-state index in [9.17, 15) is 14.4 Å². The van der Waals surface area contributed by atoms with E-state index in [-0.39, 0.29) is 31.1 Å². The van der Waals surface area contributed by atoms with Crippen molar-refractivity contribution in [3.8, 4) is 0 Å². The van der Waals surface area contributed by atoms with E-state index in [0.717, 1.165) is 83.5 Å².